The van der Waals surface area contributed by atoms with Crippen molar-refractivity contribution in [2.75, 3.05) is 17.7 Å². The van der Waals surface area contributed by atoms with Crippen LogP contribution in [0.2, 0.25) is 0 Å². The highest BCUT2D eigenvalue weighted by Gasteiger charge is 2.05. The number of amides is 2. The molecule has 0 bridgehead atoms. The van der Waals surface area contributed by atoms with Crippen LogP contribution >= 0.6 is 0 Å². The van der Waals surface area contributed by atoms with Gasteiger partial charge in [-0.05, 0) is 49.9 Å². The molecule has 0 aliphatic rings. The van der Waals surface area contributed by atoms with Crippen molar-refractivity contribution in [3.63, 3.8) is 0 Å². The Morgan fingerprint density at radius 1 is 1.05 bits per heavy atom. The molecule has 3 N–H and O–H groups in total. The topological polar surface area (TPSA) is 53.2 Å². The first-order valence-corrected chi connectivity index (χ1v) is 6.69. The lowest BCUT2D eigenvalue weighted by Gasteiger charge is -2.12. The van der Waals surface area contributed by atoms with Crippen molar-refractivity contribution in [3.05, 3.63) is 59.9 Å². The Morgan fingerprint density at radius 2 is 1.71 bits per heavy atom. The number of carbonyl (C=O) groups is 1. The lowest BCUT2D eigenvalue weighted by Crippen LogP contribution is -2.19. The molecule has 2 amide bonds. The summed E-state index contributed by atoms with van der Waals surface area (Å²) in [5, 5.41) is 8.42. The molecule has 0 aromatic heterocycles. The molecule has 5 heteroatoms. The zero-order chi connectivity index (χ0) is 15.2. The van der Waals surface area contributed by atoms with Crippen LogP contribution in [0.3, 0.4) is 0 Å². The van der Waals surface area contributed by atoms with Crippen LogP contribution in [0, 0.1) is 5.82 Å². The zero-order valence-electron chi connectivity index (χ0n) is 12.0. The van der Waals surface area contributed by atoms with Gasteiger partial charge in [0.15, 0.2) is 0 Å². The van der Waals surface area contributed by atoms with Gasteiger partial charge < -0.3 is 16.0 Å². The van der Waals surface area contributed by atoms with Gasteiger partial charge >= 0.3 is 6.03 Å². The number of rotatable bonds is 4. The van der Waals surface area contributed by atoms with E-state index in [4.69, 9.17) is 0 Å². The van der Waals surface area contributed by atoms with Crippen molar-refractivity contribution in [3.8, 4) is 0 Å². The summed E-state index contributed by atoms with van der Waals surface area (Å²) in [6.07, 6.45) is 0. The number of nitrogens with one attached hydrogen (secondary N) is 3. The van der Waals surface area contributed by atoms with Crippen LogP contribution in [-0.4, -0.2) is 13.1 Å². The van der Waals surface area contributed by atoms with E-state index in [0.717, 1.165) is 5.56 Å². The number of hydrogen-bond donors (Lipinski definition) is 3. The highest BCUT2D eigenvalue weighted by atomic mass is 19.1. The van der Waals surface area contributed by atoms with Crippen LogP contribution < -0.4 is 16.0 Å². The number of anilines is 2. The molecular weight excluding hydrogens is 269 g/mol. The second-order valence-corrected chi connectivity index (χ2v) is 4.72. The summed E-state index contributed by atoms with van der Waals surface area (Å²) in [5.41, 5.74) is 2.22. The fourth-order valence-electron chi connectivity index (χ4n) is 1.88. The van der Waals surface area contributed by atoms with Gasteiger partial charge in [-0.3, -0.25) is 0 Å². The maximum absolute atomic E-state index is 13.0. The van der Waals surface area contributed by atoms with E-state index < -0.39 is 11.8 Å². The molecule has 0 saturated heterocycles. The quantitative estimate of drug-likeness (QED) is 0.802. The SMILES string of the molecule is CNC(C)c1ccc(NC(=O)Nc2cccc(F)c2)cc1. The van der Waals surface area contributed by atoms with E-state index in [1.165, 1.54) is 12.1 Å². The summed E-state index contributed by atoms with van der Waals surface area (Å²) in [6.45, 7) is 2.05. The Kier molecular flexibility index (Phi) is 4.90. The lowest BCUT2D eigenvalue weighted by molar-refractivity contribution is 0.262. The predicted octanol–water partition coefficient (Wildman–Crippen LogP) is 3.75. The van der Waals surface area contributed by atoms with Crippen molar-refractivity contribution in [1.29, 1.82) is 0 Å². The minimum atomic E-state index is -0.407. The standard InChI is InChI=1S/C16H18FN3O/c1-11(18-2)12-6-8-14(9-7-12)19-16(21)20-15-5-3-4-13(17)10-15/h3-11,18H,1-2H3,(H2,19,20,21). The van der Waals surface area contributed by atoms with Crippen molar-refractivity contribution in [2.45, 2.75) is 13.0 Å². The number of benzene rings is 2. The lowest BCUT2D eigenvalue weighted by atomic mass is 10.1. The third kappa shape index (κ3) is 4.29. The third-order valence-corrected chi connectivity index (χ3v) is 3.18. The molecule has 4 nitrogen and oxygen atoms in total. The second-order valence-electron chi connectivity index (χ2n) is 4.72. The number of halogens is 1. The highest BCUT2D eigenvalue weighted by Crippen LogP contribution is 2.16. The summed E-state index contributed by atoms with van der Waals surface area (Å²) in [7, 11) is 1.89. The molecule has 0 radical (unpaired) electrons. The van der Waals surface area contributed by atoms with E-state index in [2.05, 4.69) is 22.9 Å². The smallest absolute Gasteiger partial charge is 0.313 e. The number of carbonyl (C=O) groups excluding carboxylic acids is 1. The molecule has 21 heavy (non-hydrogen) atoms. The van der Waals surface area contributed by atoms with Crippen molar-refractivity contribution < 1.29 is 9.18 Å². The van der Waals surface area contributed by atoms with Gasteiger partial charge in [0.25, 0.3) is 0 Å². The first-order valence-electron chi connectivity index (χ1n) is 6.69. The first kappa shape index (κ1) is 15.0. The molecule has 0 aliphatic heterocycles. The van der Waals surface area contributed by atoms with Gasteiger partial charge in [-0.1, -0.05) is 18.2 Å². The summed E-state index contributed by atoms with van der Waals surface area (Å²) in [6, 6.07) is 13.1. The van der Waals surface area contributed by atoms with Crippen LogP contribution in [0.25, 0.3) is 0 Å². The molecule has 1 atom stereocenters. The van der Waals surface area contributed by atoms with E-state index in [1.807, 2.05) is 31.3 Å². The van der Waals surface area contributed by atoms with Gasteiger partial charge in [0.2, 0.25) is 0 Å². The van der Waals surface area contributed by atoms with E-state index in [-0.39, 0.29) is 6.04 Å². The summed E-state index contributed by atoms with van der Waals surface area (Å²) in [5.74, 6) is -0.391. The van der Waals surface area contributed by atoms with E-state index in [1.54, 1.807) is 12.1 Å². The van der Waals surface area contributed by atoms with Gasteiger partial charge in [0.1, 0.15) is 5.82 Å². The Labute approximate surface area is 123 Å². The van der Waals surface area contributed by atoms with Crippen LogP contribution in [0.15, 0.2) is 48.5 Å². The summed E-state index contributed by atoms with van der Waals surface area (Å²) in [4.78, 5) is 11.8. The average Bonchev–Trinajstić information content (AvgIpc) is 2.47. The molecule has 110 valence electrons. The van der Waals surface area contributed by atoms with Gasteiger partial charge in [-0.25, -0.2) is 9.18 Å². The molecule has 2 aromatic rings. The molecule has 0 fully saturated rings. The molecule has 1 unspecified atom stereocenters. The fraction of sp³-hybridized carbons (Fsp3) is 0.188. The van der Waals surface area contributed by atoms with Gasteiger partial charge in [0.05, 0.1) is 0 Å². The second kappa shape index (κ2) is 6.85. The number of urea groups is 1. The molecule has 2 rings (SSSR count). The Hall–Kier alpha value is -2.40. The van der Waals surface area contributed by atoms with Crippen LogP contribution in [0.5, 0.6) is 0 Å². The molecular formula is C16H18FN3O. The minimum absolute atomic E-state index is 0.250. The summed E-state index contributed by atoms with van der Waals surface area (Å²) >= 11 is 0. The molecule has 2 aromatic carbocycles. The molecule has 0 saturated carbocycles. The maximum atomic E-state index is 13.0. The predicted molar refractivity (Wildman–Crippen MR) is 83.0 cm³/mol. The third-order valence-electron chi connectivity index (χ3n) is 3.18. The zero-order valence-corrected chi connectivity index (χ0v) is 12.0. The van der Waals surface area contributed by atoms with Gasteiger partial charge in [0, 0.05) is 17.4 Å². The summed E-state index contributed by atoms with van der Waals surface area (Å²) < 4.78 is 13.0. The highest BCUT2D eigenvalue weighted by molar-refractivity contribution is 5.99. The Morgan fingerprint density at radius 3 is 2.33 bits per heavy atom. The van der Waals surface area contributed by atoms with Crippen molar-refractivity contribution >= 4 is 17.4 Å². The Bertz CT molecular complexity index is 613. The van der Waals surface area contributed by atoms with Gasteiger partial charge in [-0.15, -0.1) is 0 Å². The fourth-order valence-corrected chi connectivity index (χ4v) is 1.88. The molecule has 0 heterocycles. The van der Waals surface area contributed by atoms with Crippen LogP contribution in [-0.2, 0) is 0 Å². The van der Waals surface area contributed by atoms with Crippen molar-refractivity contribution in [1.82, 2.24) is 5.32 Å². The monoisotopic (exact) mass is 287 g/mol. The van der Waals surface area contributed by atoms with Crippen molar-refractivity contribution in [2.24, 2.45) is 0 Å². The molecule has 0 aliphatic carbocycles. The van der Waals surface area contributed by atoms with E-state index >= 15 is 0 Å². The largest absolute Gasteiger partial charge is 0.323 e. The van der Waals surface area contributed by atoms with Crippen LogP contribution in [0.4, 0.5) is 20.6 Å². The number of hydrogen-bond acceptors (Lipinski definition) is 2. The first-order chi connectivity index (χ1) is 10.1. The van der Waals surface area contributed by atoms with Crippen LogP contribution in [0.1, 0.15) is 18.5 Å². The normalized spacial score (nSPS) is 11.8. The average molecular weight is 287 g/mol. The van der Waals surface area contributed by atoms with E-state index in [9.17, 15) is 9.18 Å². The minimum Gasteiger partial charge on any atom is -0.313 e. The maximum Gasteiger partial charge on any atom is 0.323 e. The molecule has 0 spiro atoms. The van der Waals surface area contributed by atoms with E-state index in [0.29, 0.717) is 11.4 Å². The Balaban J connectivity index is 1.96. The van der Waals surface area contributed by atoms with Gasteiger partial charge in [-0.2, -0.15) is 0 Å².